The van der Waals surface area contributed by atoms with Crippen LogP contribution in [0.2, 0.25) is 0 Å². The molecule has 0 aromatic heterocycles. The van der Waals surface area contributed by atoms with Crippen LogP contribution in [-0.4, -0.2) is 26.8 Å². The molecule has 2 atom stereocenters. The van der Waals surface area contributed by atoms with Crippen LogP contribution in [0.15, 0.2) is 0 Å². The van der Waals surface area contributed by atoms with Crippen LogP contribution >= 0.6 is 0 Å². The fraction of sp³-hybridized carbons (Fsp3) is 1.00. The molecule has 0 aromatic carbocycles. The lowest BCUT2D eigenvalue weighted by atomic mass is 9.79. The lowest BCUT2D eigenvalue weighted by Gasteiger charge is -2.31. The van der Waals surface area contributed by atoms with E-state index < -0.39 is 0 Å². The Morgan fingerprint density at radius 1 is 1.21 bits per heavy atom. The Balaban J connectivity index is 2.22. The van der Waals surface area contributed by atoms with E-state index in [0.29, 0.717) is 0 Å². The van der Waals surface area contributed by atoms with Crippen LogP contribution in [-0.2, 0) is 4.74 Å². The summed E-state index contributed by atoms with van der Waals surface area (Å²) in [5.41, 5.74) is 0. The van der Waals surface area contributed by atoms with Crippen molar-refractivity contribution < 1.29 is 4.74 Å². The first-order chi connectivity index (χ1) is 6.88. The third kappa shape index (κ3) is 3.97. The second-order valence-corrected chi connectivity index (χ2v) is 4.44. The molecule has 0 amide bonds. The van der Waals surface area contributed by atoms with Crippen LogP contribution in [0.1, 0.15) is 39.0 Å². The van der Waals surface area contributed by atoms with E-state index in [0.717, 1.165) is 31.5 Å². The summed E-state index contributed by atoms with van der Waals surface area (Å²) in [5, 5.41) is 3.30. The number of ether oxygens (including phenoxy) is 1. The molecule has 84 valence electrons. The van der Waals surface area contributed by atoms with Crippen molar-refractivity contribution >= 4 is 0 Å². The van der Waals surface area contributed by atoms with Crippen LogP contribution in [0.25, 0.3) is 0 Å². The lowest BCUT2D eigenvalue weighted by Crippen LogP contribution is -2.31. The number of nitrogens with one attached hydrogen (secondary N) is 1. The summed E-state index contributed by atoms with van der Waals surface area (Å²) in [5.74, 6) is 1.66. The highest BCUT2D eigenvalue weighted by Crippen LogP contribution is 2.29. The van der Waals surface area contributed by atoms with Crippen LogP contribution in [0.4, 0.5) is 0 Å². The SMILES string of the molecule is CCCOCC1CCCCC1CNC. The van der Waals surface area contributed by atoms with Crippen molar-refractivity contribution in [1.29, 1.82) is 0 Å². The molecule has 0 heterocycles. The number of hydrogen-bond donors (Lipinski definition) is 1. The Bertz CT molecular complexity index is 136. The van der Waals surface area contributed by atoms with Crippen LogP contribution < -0.4 is 5.32 Å². The van der Waals surface area contributed by atoms with Gasteiger partial charge in [0.25, 0.3) is 0 Å². The van der Waals surface area contributed by atoms with E-state index >= 15 is 0 Å². The van der Waals surface area contributed by atoms with Gasteiger partial charge in [0.05, 0.1) is 0 Å². The minimum absolute atomic E-state index is 0.808. The van der Waals surface area contributed by atoms with Gasteiger partial charge in [0, 0.05) is 13.2 Å². The molecule has 2 nitrogen and oxygen atoms in total. The summed E-state index contributed by atoms with van der Waals surface area (Å²) in [6, 6.07) is 0. The maximum absolute atomic E-state index is 5.67. The Kier molecular flexibility index (Phi) is 6.20. The van der Waals surface area contributed by atoms with Gasteiger partial charge in [-0.1, -0.05) is 19.8 Å². The van der Waals surface area contributed by atoms with E-state index in [1.807, 2.05) is 0 Å². The molecule has 2 unspecified atom stereocenters. The fourth-order valence-corrected chi connectivity index (χ4v) is 2.41. The molecule has 14 heavy (non-hydrogen) atoms. The molecule has 0 spiro atoms. The van der Waals surface area contributed by atoms with Gasteiger partial charge in [-0.2, -0.15) is 0 Å². The lowest BCUT2D eigenvalue weighted by molar-refractivity contribution is 0.0596. The van der Waals surface area contributed by atoms with Gasteiger partial charge in [0.2, 0.25) is 0 Å². The zero-order valence-electron chi connectivity index (χ0n) is 9.72. The molecular formula is C12H25NO. The highest BCUT2D eigenvalue weighted by Gasteiger charge is 2.24. The number of hydrogen-bond acceptors (Lipinski definition) is 2. The monoisotopic (exact) mass is 199 g/mol. The van der Waals surface area contributed by atoms with Crippen molar-refractivity contribution in [2.75, 3.05) is 26.8 Å². The van der Waals surface area contributed by atoms with Gasteiger partial charge in [-0.25, -0.2) is 0 Å². The van der Waals surface area contributed by atoms with Gasteiger partial charge >= 0.3 is 0 Å². The Morgan fingerprint density at radius 2 is 1.93 bits per heavy atom. The summed E-state index contributed by atoms with van der Waals surface area (Å²) < 4.78 is 5.67. The summed E-state index contributed by atoms with van der Waals surface area (Å²) in [6.07, 6.45) is 6.72. The molecule has 0 radical (unpaired) electrons. The molecule has 1 rings (SSSR count). The minimum Gasteiger partial charge on any atom is -0.381 e. The molecule has 2 heteroatoms. The zero-order valence-corrected chi connectivity index (χ0v) is 9.72. The van der Waals surface area contributed by atoms with Crippen LogP contribution in [0.5, 0.6) is 0 Å². The molecule has 1 aliphatic rings. The largest absolute Gasteiger partial charge is 0.381 e. The zero-order chi connectivity index (χ0) is 10.2. The van der Waals surface area contributed by atoms with E-state index in [4.69, 9.17) is 4.74 Å². The summed E-state index contributed by atoms with van der Waals surface area (Å²) in [6.45, 7) is 5.26. The second-order valence-electron chi connectivity index (χ2n) is 4.44. The molecule has 1 aliphatic carbocycles. The van der Waals surface area contributed by atoms with Crippen molar-refractivity contribution in [2.24, 2.45) is 11.8 Å². The molecule has 0 aromatic rings. The predicted molar refractivity (Wildman–Crippen MR) is 60.5 cm³/mol. The van der Waals surface area contributed by atoms with Gasteiger partial charge in [0.1, 0.15) is 0 Å². The molecule has 1 N–H and O–H groups in total. The topological polar surface area (TPSA) is 21.3 Å². The normalized spacial score (nSPS) is 27.9. The van der Waals surface area contributed by atoms with Crippen molar-refractivity contribution in [1.82, 2.24) is 5.32 Å². The summed E-state index contributed by atoms with van der Waals surface area (Å²) in [4.78, 5) is 0. The van der Waals surface area contributed by atoms with E-state index in [9.17, 15) is 0 Å². The fourth-order valence-electron chi connectivity index (χ4n) is 2.41. The average Bonchev–Trinajstić information content (AvgIpc) is 2.21. The van der Waals surface area contributed by atoms with Gasteiger partial charge in [-0.15, -0.1) is 0 Å². The van der Waals surface area contributed by atoms with E-state index in [1.54, 1.807) is 0 Å². The maximum atomic E-state index is 5.67. The van der Waals surface area contributed by atoms with Crippen molar-refractivity contribution in [3.05, 3.63) is 0 Å². The first-order valence-corrected chi connectivity index (χ1v) is 6.10. The van der Waals surface area contributed by atoms with Gasteiger partial charge in [-0.05, 0) is 44.7 Å². The maximum Gasteiger partial charge on any atom is 0.0497 e. The molecular weight excluding hydrogens is 174 g/mol. The first kappa shape index (κ1) is 12.0. The predicted octanol–water partition coefficient (Wildman–Crippen LogP) is 2.44. The van der Waals surface area contributed by atoms with Gasteiger partial charge < -0.3 is 10.1 Å². The third-order valence-corrected chi connectivity index (χ3v) is 3.21. The second kappa shape index (κ2) is 7.24. The van der Waals surface area contributed by atoms with Gasteiger partial charge in [0.15, 0.2) is 0 Å². The van der Waals surface area contributed by atoms with E-state index in [1.165, 1.54) is 32.2 Å². The molecule has 0 aliphatic heterocycles. The minimum atomic E-state index is 0.808. The molecule has 0 saturated heterocycles. The van der Waals surface area contributed by atoms with E-state index in [2.05, 4.69) is 19.3 Å². The van der Waals surface area contributed by atoms with Crippen molar-refractivity contribution in [3.63, 3.8) is 0 Å². The van der Waals surface area contributed by atoms with Crippen LogP contribution in [0, 0.1) is 11.8 Å². The molecule has 1 saturated carbocycles. The summed E-state index contributed by atoms with van der Waals surface area (Å²) >= 11 is 0. The number of rotatable bonds is 6. The van der Waals surface area contributed by atoms with Crippen molar-refractivity contribution in [3.8, 4) is 0 Å². The Hall–Kier alpha value is -0.0800. The Labute approximate surface area is 88.4 Å². The quantitative estimate of drug-likeness (QED) is 0.663. The average molecular weight is 199 g/mol. The molecule has 0 bridgehead atoms. The first-order valence-electron chi connectivity index (χ1n) is 6.10. The van der Waals surface area contributed by atoms with E-state index in [-0.39, 0.29) is 0 Å². The van der Waals surface area contributed by atoms with Gasteiger partial charge in [-0.3, -0.25) is 0 Å². The van der Waals surface area contributed by atoms with Crippen LogP contribution in [0.3, 0.4) is 0 Å². The van der Waals surface area contributed by atoms with Crippen molar-refractivity contribution in [2.45, 2.75) is 39.0 Å². The standard InChI is InChI=1S/C12H25NO/c1-3-8-14-10-12-7-5-4-6-11(12)9-13-2/h11-13H,3-10H2,1-2H3. The highest BCUT2D eigenvalue weighted by molar-refractivity contribution is 4.76. The third-order valence-electron chi connectivity index (χ3n) is 3.21. The smallest absolute Gasteiger partial charge is 0.0497 e. The highest BCUT2D eigenvalue weighted by atomic mass is 16.5. The Morgan fingerprint density at radius 3 is 2.57 bits per heavy atom. The molecule has 1 fully saturated rings. The summed E-state index contributed by atoms with van der Waals surface area (Å²) in [7, 11) is 2.05.